The number of aromatic nitrogens is 1. The van der Waals surface area contributed by atoms with Crippen molar-refractivity contribution in [3.63, 3.8) is 0 Å². The van der Waals surface area contributed by atoms with Gasteiger partial charge >= 0.3 is 0 Å². The van der Waals surface area contributed by atoms with Crippen molar-refractivity contribution in [3.8, 4) is 5.75 Å². The molecule has 1 saturated heterocycles. The molecule has 1 aliphatic heterocycles. The van der Waals surface area contributed by atoms with Crippen LogP contribution < -0.4 is 4.74 Å². The molecule has 1 aromatic carbocycles. The van der Waals surface area contributed by atoms with Gasteiger partial charge in [-0.05, 0) is 30.7 Å². The summed E-state index contributed by atoms with van der Waals surface area (Å²) in [5, 5.41) is 0. The van der Waals surface area contributed by atoms with Gasteiger partial charge in [-0.15, -0.1) is 0 Å². The van der Waals surface area contributed by atoms with Crippen molar-refractivity contribution in [3.05, 3.63) is 64.8 Å². The van der Waals surface area contributed by atoms with Crippen LogP contribution in [0.4, 0.5) is 0 Å². The Morgan fingerprint density at radius 1 is 1.29 bits per heavy atom. The van der Waals surface area contributed by atoms with E-state index in [1.807, 2.05) is 49.4 Å². The van der Waals surface area contributed by atoms with Gasteiger partial charge in [0, 0.05) is 18.0 Å². The molecule has 4 nitrogen and oxygen atoms in total. The minimum absolute atomic E-state index is 0.0832. The van der Waals surface area contributed by atoms with Gasteiger partial charge in [0.25, 0.3) is 5.91 Å². The minimum Gasteiger partial charge on any atom is -0.493 e. The molecule has 0 bridgehead atoms. The Bertz CT molecular complexity index is 791. The predicted octanol–water partition coefficient (Wildman–Crippen LogP) is 3.88. The summed E-state index contributed by atoms with van der Waals surface area (Å²) in [5.41, 5.74) is 1.82. The molecular formula is C18H16N2O2S2. The van der Waals surface area contributed by atoms with Gasteiger partial charge in [0.05, 0.1) is 18.1 Å². The van der Waals surface area contributed by atoms with Crippen LogP contribution >= 0.6 is 24.0 Å². The summed E-state index contributed by atoms with van der Waals surface area (Å²) in [5.74, 6) is 0.678. The lowest BCUT2D eigenvalue weighted by atomic mass is 10.2. The van der Waals surface area contributed by atoms with Gasteiger partial charge < -0.3 is 4.74 Å². The zero-order valence-corrected chi connectivity index (χ0v) is 14.8. The number of rotatable bonds is 5. The maximum absolute atomic E-state index is 12.7. The third kappa shape index (κ3) is 3.66. The summed E-state index contributed by atoms with van der Waals surface area (Å²) < 4.78 is 6.17. The van der Waals surface area contributed by atoms with Crippen LogP contribution in [-0.4, -0.2) is 26.7 Å². The molecule has 24 heavy (non-hydrogen) atoms. The van der Waals surface area contributed by atoms with Crippen molar-refractivity contribution in [2.75, 3.05) is 6.61 Å². The molecule has 6 heteroatoms. The highest BCUT2D eigenvalue weighted by Crippen LogP contribution is 2.35. The quantitative estimate of drug-likeness (QED) is 0.601. The molecule has 3 rings (SSSR count). The number of hydrogen-bond donors (Lipinski definition) is 0. The molecule has 1 aliphatic rings. The fraction of sp³-hybridized carbons (Fsp3) is 0.167. The minimum atomic E-state index is -0.0832. The maximum atomic E-state index is 12.7. The molecule has 2 aromatic rings. The first kappa shape index (κ1) is 16.7. The van der Waals surface area contributed by atoms with Crippen molar-refractivity contribution in [2.24, 2.45) is 0 Å². The number of ether oxygens (including phenoxy) is 1. The van der Waals surface area contributed by atoms with Crippen LogP contribution in [0.15, 0.2) is 53.7 Å². The highest BCUT2D eigenvalue weighted by atomic mass is 32.2. The molecule has 1 fully saturated rings. The van der Waals surface area contributed by atoms with Crippen LogP contribution in [0.25, 0.3) is 6.08 Å². The standard InChI is InChI=1S/C18H16N2O2S2/c1-2-22-15-8-4-3-7-14(15)10-16-17(21)20(18(23)24-16)12-13-6-5-9-19-11-13/h3-11H,2,12H2,1H3. The van der Waals surface area contributed by atoms with Crippen LogP contribution in [0.2, 0.25) is 0 Å². The molecule has 0 unspecified atom stereocenters. The van der Waals surface area contributed by atoms with E-state index < -0.39 is 0 Å². The number of carbonyl (C=O) groups excluding carboxylic acids is 1. The molecule has 1 aromatic heterocycles. The number of nitrogens with zero attached hydrogens (tertiary/aromatic N) is 2. The number of amides is 1. The fourth-order valence-corrected chi connectivity index (χ4v) is 3.58. The first-order chi connectivity index (χ1) is 11.7. The normalized spacial score (nSPS) is 16.0. The second kappa shape index (κ2) is 7.59. The van der Waals surface area contributed by atoms with E-state index in [1.54, 1.807) is 17.3 Å². The second-order valence-electron chi connectivity index (χ2n) is 5.10. The molecule has 0 radical (unpaired) electrons. The van der Waals surface area contributed by atoms with Crippen LogP contribution in [0.3, 0.4) is 0 Å². The third-order valence-corrected chi connectivity index (χ3v) is 4.82. The van der Waals surface area contributed by atoms with Crippen molar-refractivity contribution in [1.82, 2.24) is 9.88 Å². The lowest BCUT2D eigenvalue weighted by molar-refractivity contribution is -0.122. The smallest absolute Gasteiger partial charge is 0.266 e. The van der Waals surface area contributed by atoms with Crippen molar-refractivity contribution >= 4 is 40.3 Å². The van der Waals surface area contributed by atoms with E-state index in [9.17, 15) is 4.79 Å². The van der Waals surface area contributed by atoms with Crippen LogP contribution in [-0.2, 0) is 11.3 Å². The van der Waals surface area contributed by atoms with E-state index in [-0.39, 0.29) is 5.91 Å². The molecule has 2 heterocycles. The van der Waals surface area contributed by atoms with Gasteiger partial charge in [0.2, 0.25) is 0 Å². The number of hydrogen-bond acceptors (Lipinski definition) is 5. The molecule has 0 saturated carbocycles. The van der Waals surface area contributed by atoms with E-state index >= 15 is 0 Å². The zero-order chi connectivity index (χ0) is 16.9. The summed E-state index contributed by atoms with van der Waals surface area (Å²) in [7, 11) is 0. The van der Waals surface area contributed by atoms with Crippen molar-refractivity contribution in [2.45, 2.75) is 13.5 Å². The number of thioether (sulfide) groups is 1. The van der Waals surface area contributed by atoms with E-state index in [0.717, 1.165) is 16.9 Å². The Morgan fingerprint density at radius 2 is 2.12 bits per heavy atom. The van der Waals surface area contributed by atoms with Crippen LogP contribution in [0, 0.1) is 0 Å². The number of pyridine rings is 1. The molecule has 0 spiro atoms. The lowest BCUT2D eigenvalue weighted by Gasteiger charge is -2.13. The summed E-state index contributed by atoms with van der Waals surface area (Å²) in [4.78, 5) is 19.0. The number of thiocarbonyl (C=S) groups is 1. The molecule has 0 atom stereocenters. The summed E-state index contributed by atoms with van der Waals surface area (Å²) in [6.45, 7) is 2.94. The zero-order valence-electron chi connectivity index (χ0n) is 13.1. The van der Waals surface area contributed by atoms with E-state index in [0.29, 0.717) is 22.4 Å². The number of carbonyl (C=O) groups is 1. The summed E-state index contributed by atoms with van der Waals surface area (Å²) >= 11 is 6.69. The van der Waals surface area contributed by atoms with E-state index in [1.165, 1.54) is 11.8 Å². The molecule has 0 aliphatic carbocycles. The van der Waals surface area contributed by atoms with E-state index in [2.05, 4.69) is 4.98 Å². The summed E-state index contributed by atoms with van der Waals surface area (Å²) in [6, 6.07) is 11.4. The first-order valence-corrected chi connectivity index (χ1v) is 8.77. The average molecular weight is 356 g/mol. The predicted molar refractivity (Wildman–Crippen MR) is 101 cm³/mol. The Labute approximate surface area is 150 Å². The topological polar surface area (TPSA) is 42.4 Å². The molecule has 122 valence electrons. The second-order valence-corrected chi connectivity index (χ2v) is 6.78. The largest absolute Gasteiger partial charge is 0.493 e. The monoisotopic (exact) mass is 356 g/mol. The maximum Gasteiger partial charge on any atom is 0.266 e. The van der Waals surface area contributed by atoms with Gasteiger partial charge in [-0.3, -0.25) is 14.7 Å². The van der Waals surface area contributed by atoms with Gasteiger partial charge in [0.15, 0.2) is 0 Å². The molecule has 0 N–H and O–H groups in total. The van der Waals surface area contributed by atoms with Gasteiger partial charge in [-0.2, -0.15) is 0 Å². The number of benzene rings is 1. The number of para-hydroxylation sites is 1. The Kier molecular flexibility index (Phi) is 5.27. The Morgan fingerprint density at radius 3 is 2.88 bits per heavy atom. The SMILES string of the molecule is CCOc1ccccc1C=C1SC(=S)N(Cc2cccnc2)C1=O. The lowest BCUT2D eigenvalue weighted by Crippen LogP contribution is -2.27. The van der Waals surface area contributed by atoms with Gasteiger partial charge in [-0.25, -0.2) is 0 Å². The highest BCUT2D eigenvalue weighted by molar-refractivity contribution is 8.26. The molecular weight excluding hydrogens is 340 g/mol. The molecule has 1 amide bonds. The highest BCUT2D eigenvalue weighted by Gasteiger charge is 2.32. The van der Waals surface area contributed by atoms with Crippen molar-refractivity contribution < 1.29 is 9.53 Å². The van der Waals surface area contributed by atoms with Crippen LogP contribution in [0.1, 0.15) is 18.1 Å². The Hall–Kier alpha value is -2.18. The fourth-order valence-electron chi connectivity index (χ4n) is 2.34. The Balaban J connectivity index is 1.83. The van der Waals surface area contributed by atoms with Crippen LogP contribution in [0.5, 0.6) is 5.75 Å². The average Bonchev–Trinajstić information content (AvgIpc) is 2.85. The first-order valence-electron chi connectivity index (χ1n) is 7.55. The summed E-state index contributed by atoms with van der Waals surface area (Å²) in [6.07, 6.45) is 5.29. The van der Waals surface area contributed by atoms with Gasteiger partial charge in [0.1, 0.15) is 10.1 Å². The van der Waals surface area contributed by atoms with E-state index in [4.69, 9.17) is 17.0 Å². The van der Waals surface area contributed by atoms with Gasteiger partial charge in [-0.1, -0.05) is 48.2 Å². The van der Waals surface area contributed by atoms with Crippen molar-refractivity contribution in [1.29, 1.82) is 0 Å². The third-order valence-electron chi connectivity index (χ3n) is 3.44.